The lowest BCUT2D eigenvalue weighted by atomic mass is 9.91. The van der Waals surface area contributed by atoms with E-state index in [4.69, 9.17) is 5.73 Å². The first kappa shape index (κ1) is 21.4. The van der Waals surface area contributed by atoms with Gasteiger partial charge in [0, 0.05) is 24.2 Å². The second kappa shape index (κ2) is 9.99. The molecule has 3 N–H and O–H groups in total. The average molecular weight is 417 g/mol. The van der Waals surface area contributed by atoms with E-state index in [1.54, 1.807) is 6.20 Å². The molecule has 0 aliphatic heterocycles. The Bertz CT molecular complexity index is 1020. The first-order valence-corrected chi connectivity index (χ1v) is 11.6. The van der Waals surface area contributed by atoms with Gasteiger partial charge in [-0.05, 0) is 24.5 Å². The molecule has 0 spiro atoms. The van der Waals surface area contributed by atoms with Gasteiger partial charge >= 0.3 is 0 Å². The Labute approximate surface area is 185 Å². The van der Waals surface area contributed by atoms with Crippen molar-refractivity contribution in [2.75, 3.05) is 5.73 Å². The van der Waals surface area contributed by atoms with E-state index in [1.165, 1.54) is 44.9 Å². The summed E-state index contributed by atoms with van der Waals surface area (Å²) in [5.41, 5.74) is 9.99. The highest BCUT2D eigenvalue weighted by atomic mass is 16.1. The number of fused-ring (bicyclic) bond motifs is 1. The highest BCUT2D eigenvalue weighted by Gasteiger charge is 2.18. The topological polar surface area (TPSA) is 85.8 Å². The maximum absolute atomic E-state index is 12.8. The molecular formula is C24H32BN5O. The van der Waals surface area contributed by atoms with E-state index >= 15 is 0 Å². The number of nitrogens with one attached hydrogen (secondary N) is 1. The van der Waals surface area contributed by atoms with Crippen LogP contribution in [0, 0.1) is 5.92 Å². The van der Waals surface area contributed by atoms with Gasteiger partial charge in [0.1, 0.15) is 11.5 Å². The molecule has 1 amide bonds. The number of aromatic nitrogens is 3. The monoisotopic (exact) mass is 417 g/mol. The Morgan fingerprint density at radius 2 is 1.68 bits per heavy atom. The van der Waals surface area contributed by atoms with Gasteiger partial charge in [-0.25, -0.2) is 4.98 Å². The molecule has 3 aromatic rings. The van der Waals surface area contributed by atoms with Gasteiger partial charge < -0.3 is 15.6 Å². The zero-order valence-electron chi connectivity index (χ0n) is 18.4. The number of hydrogen-bond acceptors (Lipinski definition) is 4. The summed E-state index contributed by atoms with van der Waals surface area (Å²) in [7, 11) is 1.91. The van der Waals surface area contributed by atoms with Crippen LogP contribution in [-0.2, 0) is 11.3 Å². The molecular weight excluding hydrogens is 385 g/mol. The first-order valence-electron chi connectivity index (χ1n) is 11.6. The number of rotatable bonds is 4. The van der Waals surface area contributed by atoms with Crippen LogP contribution in [0.1, 0.15) is 63.4 Å². The minimum absolute atomic E-state index is 0.160. The number of amides is 1. The summed E-state index contributed by atoms with van der Waals surface area (Å²) in [6.45, 7) is 0.558. The maximum Gasteiger partial charge on any atom is 0.249 e. The minimum Gasteiger partial charge on any atom is -0.383 e. The van der Waals surface area contributed by atoms with Gasteiger partial charge in [0.25, 0.3) is 0 Å². The van der Waals surface area contributed by atoms with Gasteiger partial charge in [-0.15, -0.1) is 0 Å². The Kier molecular flexibility index (Phi) is 6.90. The zero-order valence-corrected chi connectivity index (χ0v) is 18.4. The van der Waals surface area contributed by atoms with Crippen LogP contribution in [0.25, 0.3) is 22.2 Å². The lowest BCUT2D eigenvalue weighted by Gasteiger charge is -2.18. The largest absolute Gasteiger partial charge is 0.383 e. The normalized spacial score (nSPS) is 16.3. The van der Waals surface area contributed by atoms with Crippen molar-refractivity contribution in [1.29, 1.82) is 0 Å². The van der Waals surface area contributed by atoms with E-state index in [-0.39, 0.29) is 11.8 Å². The van der Waals surface area contributed by atoms with E-state index in [0.29, 0.717) is 12.4 Å². The molecule has 162 valence electrons. The molecule has 31 heavy (non-hydrogen) atoms. The van der Waals surface area contributed by atoms with Crippen molar-refractivity contribution in [2.24, 2.45) is 5.92 Å². The summed E-state index contributed by atoms with van der Waals surface area (Å²) < 4.78 is 1.83. The summed E-state index contributed by atoms with van der Waals surface area (Å²) in [4.78, 5) is 17.0. The molecule has 2 aromatic heterocycles. The predicted octanol–water partition coefficient (Wildman–Crippen LogP) is 3.83. The Balaban J connectivity index is 1.40. The minimum atomic E-state index is 0.160. The van der Waals surface area contributed by atoms with E-state index in [2.05, 4.69) is 27.5 Å². The van der Waals surface area contributed by atoms with Gasteiger partial charge in [-0.1, -0.05) is 69.2 Å². The van der Waals surface area contributed by atoms with E-state index in [1.807, 2.05) is 30.8 Å². The number of nitrogens with zero attached hydrogens (tertiary/aromatic N) is 3. The fourth-order valence-corrected chi connectivity index (χ4v) is 4.62. The summed E-state index contributed by atoms with van der Waals surface area (Å²) in [5.74, 6) is 0.856. The number of nitrogens with two attached hydrogens (primary N) is 1. The number of nitrogen functional groups attached to an aromatic ring is 1. The van der Waals surface area contributed by atoms with Crippen molar-refractivity contribution >= 4 is 30.6 Å². The molecule has 1 aliphatic carbocycles. The van der Waals surface area contributed by atoms with E-state index in [9.17, 15) is 4.79 Å². The maximum atomic E-state index is 12.8. The standard InChI is InChI=1S/C24H32BN5O/c25-30-20-14-15-27-23(26)21(20)22(29-30)18-12-10-17(11-13-18)16-28-24(31)19-8-6-4-2-1-3-5-7-9-19/h10-15,19H,1-9,16,25H2,(H2,26,27)(H,28,31). The van der Waals surface area contributed by atoms with Crippen LogP contribution < -0.4 is 11.1 Å². The van der Waals surface area contributed by atoms with Crippen molar-refractivity contribution in [3.05, 3.63) is 42.1 Å². The quantitative estimate of drug-likeness (QED) is 0.632. The number of hydrogen-bond donors (Lipinski definition) is 2. The van der Waals surface area contributed by atoms with E-state index in [0.717, 1.165) is 40.6 Å². The molecule has 1 fully saturated rings. The SMILES string of the molecule is Bn1nc(-c2ccc(CNC(=O)C3CCCCCCCCC3)cc2)c2c(N)nccc21. The van der Waals surface area contributed by atoms with Crippen LogP contribution in [0.4, 0.5) is 5.82 Å². The van der Waals surface area contributed by atoms with Gasteiger partial charge in [0.15, 0.2) is 0 Å². The molecule has 2 heterocycles. The highest BCUT2D eigenvalue weighted by Crippen LogP contribution is 2.30. The lowest BCUT2D eigenvalue weighted by molar-refractivity contribution is -0.125. The van der Waals surface area contributed by atoms with Gasteiger partial charge in [-0.2, -0.15) is 5.10 Å². The Morgan fingerprint density at radius 3 is 2.35 bits per heavy atom. The third-order valence-corrected chi connectivity index (χ3v) is 6.46. The number of carbonyl (C=O) groups excluding carboxylic acids is 1. The first-order chi connectivity index (χ1) is 15.1. The second-order valence-corrected chi connectivity index (χ2v) is 8.73. The fourth-order valence-electron chi connectivity index (χ4n) is 4.62. The molecule has 6 nitrogen and oxygen atoms in total. The number of anilines is 1. The van der Waals surface area contributed by atoms with Crippen LogP contribution in [-0.4, -0.2) is 28.6 Å². The van der Waals surface area contributed by atoms with Crippen molar-refractivity contribution in [2.45, 2.75) is 64.3 Å². The van der Waals surface area contributed by atoms with Gasteiger partial charge in [-0.3, -0.25) is 4.79 Å². The zero-order chi connectivity index (χ0) is 21.6. The third kappa shape index (κ3) is 5.09. The fraction of sp³-hybridized carbons (Fsp3) is 0.458. The van der Waals surface area contributed by atoms with Gasteiger partial charge in [0.2, 0.25) is 13.9 Å². The molecule has 0 unspecified atom stereocenters. The second-order valence-electron chi connectivity index (χ2n) is 8.73. The molecule has 1 aromatic carbocycles. The van der Waals surface area contributed by atoms with Crippen LogP contribution in [0.15, 0.2) is 36.5 Å². The predicted molar refractivity (Wildman–Crippen MR) is 128 cm³/mol. The summed E-state index contributed by atoms with van der Waals surface area (Å²) >= 11 is 0. The van der Waals surface area contributed by atoms with Crippen LogP contribution in [0.2, 0.25) is 0 Å². The van der Waals surface area contributed by atoms with Crippen molar-refractivity contribution in [1.82, 2.24) is 20.0 Å². The molecule has 0 saturated heterocycles. The van der Waals surface area contributed by atoms with Crippen molar-refractivity contribution in [3.8, 4) is 11.3 Å². The summed E-state index contributed by atoms with van der Waals surface area (Å²) in [6.07, 6.45) is 12.6. The lowest BCUT2D eigenvalue weighted by Crippen LogP contribution is -2.30. The summed E-state index contributed by atoms with van der Waals surface area (Å²) in [6, 6.07) is 10.1. The molecule has 0 bridgehead atoms. The van der Waals surface area contributed by atoms with Gasteiger partial charge in [0.05, 0.1) is 10.9 Å². The Hall–Kier alpha value is -2.83. The average Bonchev–Trinajstić information content (AvgIpc) is 3.14. The summed E-state index contributed by atoms with van der Waals surface area (Å²) in [5, 5.41) is 8.69. The molecule has 7 heteroatoms. The number of carbonyl (C=O) groups is 1. The molecule has 4 rings (SSSR count). The van der Waals surface area contributed by atoms with Crippen LogP contribution in [0.3, 0.4) is 0 Å². The molecule has 1 saturated carbocycles. The van der Waals surface area contributed by atoms with Crippen LogP contribution >= 0.6 is 0 Å². The molecule has 1 aliphatic rings. The number of pyridine rings is 1. The molecule has 0 radical (unpaired) electrons. The van der Waals surface area contributed by atoms with Crippen molar-refractivity contribution < 1.29 is 4.79 Å². The number of benzene rings is 1. The van der Waals surface area contributed by atoms with Crippen molar-refractivity contribution in [3.63, 3.8) is 0 Å². The smallest absolute Gasteiger partial charge is 0.249 e. The molecule has 0 atom stereocenters. The van der Waals surface area contributed by atoms with E-state index < -0.39 is 0 Å². The third-order valence-electron chi connectivity index (χ3n) is 6.46. The van der Waals surface area contributed by atoms with Crippen LogP contribution in [0.5, 0.6) is 0 Å². The Morgan fingerprint density at radius 1 is 1.03 bits per heavy atom. The highest BCUT2D eigenvalue weighted by molar-refractivity contribution is 6.13.